The maximum Gasteiger partial charge on any atom is 0.410 e. The van der Waals surface area contributed by atoms with Gasteiger partial charge in [-0.3, -0.25) is 9.59 Å². The van der Waals surface area contributed by atoms with E-state index in [4.69, 9.17) is 53.6 Å². The minimum atomic E-state index is -0.777. The highest BCUT2D eigenvalue weighted by atomic mass is 19.1. The van der Waals surface area contributed by atoms with Crippen LogP contribution in [0.2, 0.25) is 0 Å². The average molecular weight is 935 g/mol. The first kappa shape index (κ1) is 52.0. The number of aromatic nitrogens is 2. The van der Waals surface area contributed by atoms with Crippen LogP contribution in [0.25, 0.3) is 10.9 Å². The first-order valence-corrected chi connectivity index (χ1v) is 22.6. The smallest absolute Gasteiger partial charge is 0.410 e. The fourth-order valence-electron chi connectivity index (χ4n) is 7.43. The lowest BCUT2D eigenvalue weighted by Crippen LogP contribution is -2.52. The van der Waals surface area contributed by atoms with Crippen LogP contribution in [-0.2, 0) is 33.3 Å². The van der Waals surface area contributed by atoms with Crippen molar-refractivity contribution in [1.82, 2.24) is 19.8 Å². The standard InChI is InChI=1S/C49H67FN6O11/c1-10-55(47(59)67-49(5,6)7)39(33-14-16-35(50)17-15-33)31-43(57)54-19-20-56(46-52-38-30-42(61-9)41(60-8)29-37(38)45(51)53-46)40(32-54)34-12-11-13-36(28-34)65-27-26-64-25-24-63-23-22-62-21-18-44(58)66-48(2,3)4/h11-17,28-30,39-40H,10,18-27,31-32H2,1-9H3,(H2,51,52,53)/t39-,40?/m1/s1. The number of rotatable bonds is 22. The SMILES string of the molecule is CCN(C(=O)OC(C)(C)C)[C@H](CC(=O)N1CCN(c2nc(N)c3cc(OC)c(OC)cc3n2)C(c2cccc(OCCOCCOCCOCCC(=O)OC(C)(C)C)c2)C1)c1ccc(F)cc1. The molecule has 0 bridgehead atoms. The second kappa shape index (κ2) is 24.2. The van der Waals surface area contributed by atoms with Gasteiger partial charge in [0, 0.05) is 37.6 Å². The van der Waals surface area contributed by atoms with E-state index in [0.717, 1.165) is 5.56 Å². The molecule has 0 aliphatic carbocycles. The quantitative estimate of drug-likeness (QED) is 0.0610. The Morgan fingerprint density at radius 2 is 1.43 bits per heavy atom. The van der Waals surface area contributed by atoms with Crippen LogP contribution < -0.4 is 24.8 Å². The minimum Gasteiger partial charge on any atom is -0.493 e. The van der Waals surface area contributed by atoms with E-state index in [0.29, 0.717) is 85.8 Å². The number of carbonyl (C=O) groups excluding carboxylic acids is 3. The molecule has 3 aromatic carbocycles. The lowest BCUT2D eigenvalue weighted by atomic mass is 9.99. The third-order valence-electron chi connectivity index (χ3n) is 10.5. The van der Waals surface area contributed by atoms with Gasteiger partial charge in [0.1, 0.15) is 35.2 Å². The van der Waals surface area contributed by atoms with Crippen molar-refractivity contribution in [1.29, 1.82) is 0 Å². The molecule has 2 heterocycles. The molecule has 18 heteroatoms. The van der Waals surface area contributed by atoms with Gasteiger partial charge in [-0.05, 0) is 89.9 Å². The molecule has 0 saturated carbocycles. The van der Waals surface area contributed by atoms with Crippen molar-refractivity contribution in [3.05, 3.63) is 77.6 Å². The van der Waals surface area contributed by atoms with Crippen LogP contribution in [0.3, 0.4) is 0 Å². The van der Waals surface area contributed by atoms with E-state index in [1.807, 2.05) is 56.9 Å². The lowest BCUT2D eigenvalue weighted by molar-refractivity contribution is -0.156. The highest BCUT2D eigenvalue weighted by molar-refractivity contribution is 5.92. The summed E-state index contributed by atoms with van der Waals surface area (Å²) in [4.78, 5) is 54.9. The largest absolute Gasteiger partial charge is 0.493 e. The average Bonchev–Trinajstić information content (AvgIpc) is 3.27. The molecule has 1 unspecified atom stereocenters. The third-order valence-corrected chi connectivity index (χ3v) is 10.5. The van der Waals surface area contributed by atoms with E-state index in [1.54, 1.807) is 64.2 Å². The van der Waals surface area contributed by atoms with Gasteiger partial charge in [0.05, 0.1) is 84.3 Å². The molecule has 1 aliphatic rings. The summed E-state index contributed by atoms with van der Waals surface area (Å²) in [7, 11) is 3.09. The molecule has 2 amide bonds. The van der Waals surface area contributed by atoms with Gasteiger partial charge in [-0.25, -0.2) is 14.2 Å². The summed E-state index contributed by atoms with van der Waals surface area (Å²) in [5.41, 5.74) is 7.25. The van der Waals surface area contributed by atoms with Gasteiger partial charge >= 0.3 is 12.1 Å². The van der Waals surface area contributed by atoms with Crippen LogP contribution >= 0.6 is 0 Å². The Bertz CT molecular complexity index is 2250. The molecule has 1 fully saturated rings. The predicted octanol–water partition coefficient (Wildman–Crippen LogP) is 7.31. The Kier molecular flexibility index (Phi) is 18.8. The molecule has 67 heavy (non-hydrogen) atoms. The topological polar surface area (TPSA) is 187 Å². The van der Waals surface area contributed by atoms with Gasteiger partial charge in [-0.1, -0.05) is 24.3 Å². The number of hydrogen-bond donors (Lipinski definition) is 1. The molecule has 1 saturated heterocycles. The van der Waals surface area contributed by atoms with Crippen LogP contribution in [0, 0.1) is 5.82 Å². The summed E-state index contributed by atoms with van der Waals surface area (Å²) in [5, 5.41) is 0.592. The Morgan fingerprint density at radius 1 is 0.806 bits per heavy atom. The van der Waals surface area contributed by atoms with Crippen molar-refractivity contribution in [2.75, 3.05) is 97.3 Å². The van der Waals surface area contributed by atoms with Gasteiger partial charge in [-0.2, -0.15) is 4.98 Å². The molecule has 1 aliphatic heterocycles. The molecule has 17 nitrogen and oxygen atoms in total. The Balaban J connectivity index is 1.29. The summed E-state index contributed by atoms with van der Waals surface area (Å²) in [6.45, 7) is 16.0. The highest BCUT2D eigenvalue weighted by Gasteiger charge is 2.36. The molecule has 1 aromatic heterocycles. The molecular formula is C49H67FN6O11. The summed E-state index contributed by atoms with van der Waals surface area (Å²) in [6, 6.07) is 15.7. The molecular weight excluding hydrogens is 868 g/mol. The van der Waals surface area contributed by atoms with E-state index in [9.17, 15) is 18.8 Å². The molecule has 0 radical (unpaired) electrons. The minimum absolute atomic E-state index is 0.0791. The van der Waals surface area contributed by atoms with Crippen LogP contribution in [0.1, 0.15) is 84.5 Å². The van der Waals surface area contributed by atoms with Gasteiger partial charge in [0.25, 0.3) is 0 Å². The number of nitrogens with zero attached hydrogens (tertiary/aromatic N) is 5. The Labute approximate surface area is 392 Å². The Hall–Kier alpha value is -5.98. The van der Waals surface area contributed by atoms with Gasteiger partial charge < -0.3 is 58.3 Å². The van der Waals surface area contributed by atoms with Crippen molar-refractivity contribution in [2.45, 2.75) is 84.6 Å². The second-order valence-electron chi connectivity index (χ2n) is 17.8. The van der Waals surface area contributed by atoms with Gasteiger partial charge in [0.2, 0.25) is 11.9 Å². The predicted molar refractivity (Wildman–Crippen MR) is 251 cm³/mol. The summed E-state index contributed by atoms with van der Waals surface area (Å²) < 4.78 is 59.1. The monoisotopic (exact) mass is 934 g/mol. The van der Waals surface area contributed by atoms with Crippen molar-refractivity contribution >= 4 is 40.6 Å². The highest BCUT2D eigenvalue weighted by Crippen LogP contribution is 2.37. The number of benzene rings is 3. The van der Waals surface area contributed by atoms with Crippen molar-refractivity contribution < 1.29 is 56.7 Å². The number of piperazine rings is 1. The summed E-state index contributed by atoms with van der Waals surface area (Å²) in [6.07, 6.45) is -0.478. The molecule has 4 aromatic rings. The number of methoxy groups -OCH3 is 2. The first-order valence-electron chi connectivity index (χ1n) is 22.6. The lowest BCUT2D eigenvalue weighted by Gasteiger charge is -2.42. The first-order chi connectivity index (χ1) is 31.9. The zero-order valence-corrected chi connectivity index (χ0v) is 40.3. The van der Waals surface area contributed by atoms with Crippen LogP contribution in [0.4, 0.5) is 21.0 Å². The van der Waals surface area contributed by atoms with E-state index in [-0.39, 0.29) is 56.8 Å². The van der Waals surface area contributed by atoms with Crippen LogP contribution in [-0.4, -0.2) is 136 Å². The maximum absolute atomic E-state index is 14.5. The van der Waals surface area contributed by atoms with Gasteiger partial charge in [0.15, 0.2) is 11.5 Å². The normalized spacial score (nSPS) is 14.7. The summed E-state index contributed by atoms with van der Waals surface area (Å²) in [5.74, 6) is 1.21. The number of carbonyl (C=O) groups is 3. The molecule has 2 N–H and O–H groups in total. The van der Waals surface area contributed by atoms with E-state index >= 15 is 0 Å². The fraction of sp³-hybridized carbons (Fsp3) is 0.531. The molecule has 2 atom stereocenters. The fourth-order valence-corrected chi connectivity index (χ4v) is 7.43. The zero-order valence-electron chi connectivity index (χ0n) is 40.3. The van der Waals surface area contributed by atoms with Crippen molar-refractivity contribution in [3.63, 3.8) is 0 Å². The summed E-state index contributed by atoms with van der Waals surface area (Å²) >= 11 is 0. The van der Waals surface area contributed by atoms with Crippen LogP contribution in [0.5, 0.6) is 17.2 Å². The number of nitrogens with two attached hydrogens (primary N) is 1. The van der Waals surface area contributed by atoms with Crippen molar-refractivity contribution in [2.24, 2.45) is 0 Å². The number of hydrogen-bond acceptors (Lipinski definition) is 15. The second-order valence-corrected chi connectivity index (χ2v) is 17.8. The third kappa shape index (κ3) is 15.5. The number of amides is 2. The number of anilines is 2. The Morgan fingerprint density at radius 3 is 2.06 bits per heavy atom. The number of nitrogen functional groups attached to an aromatic ring is 1. The number of esters is 1. The molecule has 5 rings (SSSR count). The van der Waals surface area contributed by atoms with E-state index < -0.39 is 35.2 Å². The number of halogens is 1. The van der Waals surface area contributed by atoms with Gasteiger partial charge in [-0.15, -0.1) is 0 Å². The van der Waals surface area contributed by atoms with Crippen molar-refractivity contribution in [3.8, 4) is 17.2 Å². The number of ether oxygens (including phenoxy) is 8. The van der Waals surface area contributed by atoms with E-state index in [2.05, 4.69) is 0 Å². The molecule has 0 spiro atoms. The van der Waals surface area contributed by atoms with Crippen LogP contribution in [0.15, 0.2) is 60.7 Å². The zero-order chi connectivity index (χ0) is 48.7. The molecule has 366 valence electrons. The van der Waals surface area contributed by atoms with E-state index in [1.165, 1.54) is 17.0 Å². The maximum atomic E-state index is 14.5. The number of fused-ring (bicyclic) bond motifs is 1.